The molecule has 0 aliphatic carbocycles. The molecule has 2 aromatic carbocycles. The van der Waals surface area contributed by atoms with E-state index < -0.39 is 14.9 Å². The highest BCUT2D eigenvalue weighted by molar-refractivity contribution is 7.89. The Labute approximate surface area is 162 Å². The summed E-state index contributed by atoms with van der Waals surface area (Å²) in [5.41, 5.74) is 6.85. The first-order valence-electron chi connectivity index (χ1n) is 8.75. The van der Waals surface area contributed by atoms with Crippen LogP contribution in [0.3, 0.4) is 0 Å². The summed E-state index contributed by atoms with van der Waals surface area (Å²) in [5, 5.41) is 10.7. The molecule has 0 spiro atoms. The normalized spacial score (nSPS) is 16.8. The van der Waals surface area contributed by atoms with E-state index in [1.807, 2.05) is 0 Å². The van der Waals surface area contributed by atoms with Crippen LogP contribution in [0.2, 0.25) is 0 Å². The summed E-state index contributed by atoms with van der Waals surface area (Å²) in [5.74, 6) is -0.388. The second kappa shape index (κ2) is 7.82. The first kappa shape index (κ1) is 20.2. The van der Waals surface area contributed by atoms with Gasteiger partial charge in [0.15, 0.2) is 0 Å². The SMILES string of the molecule is CC(N)c1cccc(F)c1N1CCN(S(=O)(=O)c2ccc([N+](=O)[O-])cc2)CC1. The van der Waals surface area contributed by atoms with E-state index in [4.69, 9.17) is 5.73 Å². The lowest BCUT2D eigenvalue weighted by atomic mass is 10.0. The van der Waals surface area contributed by atoms with E-state index in [1.165, 1.54) is 22.5 Å². The number of nitro groups is 1. The molecule has 10 heteroatoms. The number of piperazine rings is 1. The van der Waals surface area contributed by atoms with Crippen LogP contribution in [0.1, 0.15) is 18.5 Å². The number of hydrogen-bond acceptors (Lipinski definition) is 6. The fourth-order valence-electron chi connectivity index (χ4n) is 3.27. The Morgan fingerprint density at radius 3 is 2.25 bits per heavy atom. The van der Waals surface area contributed by atoms with Crippen molar-refractivity contribution in [2.75, 3.05) is 31.1 Å². The highest BCUT2D eigenvalue weighted by Crippen LogP contribution is 2.30. The molecule has 1 aliphatic rings. The number of anilines is 1. The zero-order valence-corrected chi connectivity index (χ0v) is 16.1. The number of nitrogens with two attached hydrogens (primary N) is 1. The third-order valence-corrected chi connectivity index (χ3v) is 6.66. The fraction of sp³-hybridized carbons (Fsp3) is 0.333. The van der Waals surface area contributed by atoms with Crippen LogP contribution in [-0.4, -0.2) is 43.8 Å². The first-order valence-corrected chi connectivity index (χ1v) is 10.2. The lowest BCUT2D eigenvalue weighted by Gasteiger charge is -2.36. The van der Waals surface area contributed by atoms with Gasteiger partial charge in [0, 0.05) is 44.4 Å². The number of rotatable bonds is 5. The summed E-state index contributed by atoms with van der Waals surface area (Å²) < 4.78 is 41.3. The molecule has 0 saturated carbocycles. The summed E-state index contributed by atoms with van der Waals surface area (Å²) in [6.07, 6.45) is 0. The monoisotopic (exact) mass is 408 g/mol. The molecule has 2 aromatic rings. The molecule has 0 bridgehead atoms. The Morgan fingerprint density at radius 1 is 1.11 bits per heavy atom. The first-order chi connectivity index (χ1) is 13.2. The summed E-state index contributed by atoms with van der Waals surface area (Å²) >= 11 is 0. The number of hydrogen-bond donors (Lipinski definition) is 1. The van der Waals surface area contributed by atoms with Gasteiger partial charge in [-0.2, -0.15) is 4.31 Å². The molecule has 150 valence electrons. The van der Waals surface area contributed by atoms with Gasteiger partial charge in [0.1, 0.15) is 5.82 Å². The lowest BCUT2D eigenvalue weighted by Crippen LogP contribution is -2.49. The minimum Gasteiger partial charge on any atom is -0.366 e. The Hall–Kier alpha value is -2.56. The number of nitro benzene ring substituents is 1. The average molecular weight is 408 g/mol. The van der Waals surface area contributed by atoms with Crippen molar-refractivity contribution in [1.29, 1.82) is 0 Å². The van der Waals surface area contributed by atoms with Gasteiger partial charge in [-0.25, -0.2) is 12.8 Å². The van der Waals surface area contributed by atoms with E-state index in [-0.39, 0.29) is 35.5 Å². The van der Waals surface area contributed by atoms with Crippen molar-refractivity contribution in [3.05, 3.63) is 64.0 Å². The van der Waals surface area contributed by atoms with Gasteiger partial charge in [-0.05, 0) is 30.7 Å². The van der Waals surface area contributed by atoms with Crippen LogP contribution >= 0.6 is 0 Å². The number of non-ortho nitro benzene ring substituents is 1. The van der Waals surface area contributed by atoms with Crippen molar-refractivity contribution in [2.24, 2.45) is 5.73 Å². The summed E-state index contributed by atoms with van der Waals surface area (Å²) in [7, 11) is -3.78. The molecule has 2 N–H and O–H groups in total. The molecule has 3 rings (SSSR count). The minimum absolute atomic E-state index is 0.00582. The molecule has 1 atom stereocenters. The number of sulfonamides is 1. The van der Waals surface area contributed by atoms with Gasteiger partial charge >= 0.3 is 0 Å². The average Bonchev–Trinajstić information content (AvgIpc) is 2.68. The zero-order valence-electron chi connectivity index (χ0n) is 15.3. The van der Waals surface area contributed by atoms with Crippen LogP contribution < -0.4 is 10.6 Å². The Morgan fingerprint density at radius 2 is 1.71 bits per heavy atom. The van der Waals surface area contributed by atoms with Gasteiger partial charge < -0.3 is 10.6 Å². The van der Waals surface area contributed by atoms with Gasteiger partial charge in [0.25, 0.3) is 5.69 Å². The van der Waals surface area contributed by atoms with E-state index in [0.29, 0.717) is 24.3 Å². The maximum absolute atomic E-state index is 14.4. The number of para-hydroxylation sites is 1. The van der Waals surface area contributed by atoms with Crippen LogP contribution in [0.5, 0.6) is 0 Å². The van der Waals surface area contributed by atoms with E-state index in [1.54, 1.807) is 24.0 Å². The molecular formula is C18H21FN4O4S. The van der Waals surface area contributed by atoms with Crippen molar-refractivity contribution < 1.29 is 17.7 Å². The molecule has 8 nitrogen and oxygen atoms in total. The van der Waals surface area contributed by atoms with Crippen LogP contribution in [0.25, 0.3) is 0 Å². The van der Waals surface area contributed by atoms with Gasteiger partial charge in [0.05, 0.1) is 15.5 Å². The van der Waals surface area contributed by atoms with Crippen LogP contribution in [-0.2, 0) is 10.0 Å². The largest absolute Gasteiger partial charge is 0.366 e. The molecule has 1 saturated heterocycles. The Balaban J connectivity index is 1.78. The zero-order chi connectivity index (χ0) is 20.5. The molecule has 1 fully saturated rings. The number of benzene rings is 2. The second-order valence-corrected chi connectivity index (χ2v) is 8.55. The van der Waals surface area contributed by atoms with E-state index >= 15 is 0 Å². The standard InChI is InChI=1S/C18H21FN4O4S/c1-13(20)16-3-2-4-17(19)18(16)21-9-11-22(12-10-21)28(26,27)15-7-5-14(6-8-15)23(24)25/h2-8,13H,9-12,20H2,1H3. The maximum Gasteiger partial charge on any atom is 0.269 e. The molecule has 0 radical (unpaired) electrons. The molecule has 28 heavy (non-hydrogen) atoms. The van der Waals surface area contributed by atoms with Crippen molar-refractivity contribution in [3.8, 4) is 0 Å². The Kier molecular flexibility index (Phi) is 5.64. The van der Waals surface area contributed by atoms with E-state index in [2.05, 4.69) is 0 Å². The predicted molar refractivity (Wildman–Crippen MR) is 103 cm³/mol. The summed E-state index contributed by atoms with van der Waals surface area (Å²) in [6, 6.07) is 9.16. The Bertz CT molecular complexity index is 972. The molecule has 0 amide bonds. The van der Waals surface area contributed by atoms with Crippen molar-refractivity contribution in [2.45, 2.75) is 17.9 Å². The molecular weight excluding hydrogens is 387 g/mol. The molecule has 1 heterocycles. The lowest BCUT2D eigenvalue weighted by molar-refractivity contribution is -0.384. The van der Waals surface area contributed by atoms with Gasteiger partial charge in [-0.3, -0.25) is 10.1 Å². The fourth-order valence-corrected chi connectivity index (χ4v) is 4.70. The minimum atomic E-state index is -3.78. The van der Waals surface area contributed by atoms with E-state index in [0.717, 1.165) is 12.1 Å². The molecule has 1 aliphatic heterocycles. The van der Waals surface area contributed by atoms with Crippen molar-refractivity contribution >= 4 is 21.4 Å². The van der Waals surface area contributed by atoms with Crippen LogP contribution in [0, 0.1) is 15.9 Å². The highest BCUT2D eigenvalue weighted by Gasteiger charge is 2.30. The summed E-state index contributed by atoms with van der Waals surface area (Å²) in [6.45, 7) is 2.74. The van der Waals surface area contributed by atoms with Gasteiger partial charge in [-0.1, -0.05) is 12.1 Å². The third kappa shape index (κ3) is 3.84. The third-order valence-electron chi connectivity index (χ3n) is 4.75. The quantitative estimate of drug-likeness (QED) is 0.600. The number of nitrogens with zero attached hydrogens (tertiary/aromatic N) is 3. The highest BCUT2D eigenvalue weighted by atomic mass is 32.2. The number of halogens is 1. The van der Waals surface area contributed by atoms with E-state index in [9.17, 15) is 22.9 Å². The maximum atomic E-state index is 14.4. The predicted octanol–water partition coefficient (Wildman–Crippen LogP) is 2.26. The smallest absolute Gasteiger partial charge is 0.269 e. The van der Waals surface area contributed by atoms with Crippen LogP contribution in [0.4, 0.5) is 15.8 Å². The second-order valence-electron chi connectivity index (χ2n) is 6.61. The topological polar surface area (TPSA) is 110 Å². The van der Waals surface area contributed by atoms with Gasteiger partial charge in [0.2, 0.25) is 10.0 Å². The van der Waals surface area contributed by atoms with Gasteiger partial charge in [-0.15, -0.1) is 0 Å². The molecule has 0 aromatic heterocycles. The summed E-state index contributed by atoms with van der Waals surface area (Å²) in [4.78, 5) is 11.9. The van der Waals surface area contributed by atoms with Crippen molar-refractivity contribution in [3.63, 3.8) is 0 Å². The molecule has 1 unspecified atom stereocenters. The van der Waals surface area contributed by atoms with Crippen molar-refractivity contribution in [1.82, 2.24) is 4.31 Å². The van der Waals surface area contributed by atoms with Crippen LogP contribution in [0.15, 0.2) is 47.4 Å².